The molecular formula is C26H33N5O3S. The summed E-state index contributed by atoms with van der Waals surface area (Å²) < 4.78 is 29.7. The summed E-state index contributed by atoms with van der Waals surface area (Å²) in [5, 5.41) is 3.50. The van der Waals surface area contributed by atoms with Crippen LogP contribution < -0.4 is 15.0 Å². The Hall–Kier alpha value is -3.20. The Bertz CT molecular complexity index is 1240. The second-order valence-corrected chi connectivity index (χ2v) is 11.0. The molecule has 3 heterocycles. The monoisotopic (exact) mass is 495 g/mol. The molecule has 0 saturated carbocycles. The molecule has 0 radical (unpaired) electrons. The van der Waals surface area contributed by atoms with Crippen LogP contribution in [0.2, 0.25) is 0 Å². The lowest BCUT2D eigenvalue weighted by atomic mass is 10.1. The number of ether oxygens (including phenoxy) is 1. The molecule has 1 saturated heterocycles. The van der Waals surface area contributed by atoms with Gasteiger partial charge in [0, 0.05) is 50.6 Å². The van der Waals surface area contributed by atoms with Gasteiger partial charge in [0.2, 0.25) is 5.95 Å². The number of hydrogen-bond acceptors (Lipinski definition) is 8. The summed E-state index contributed by atoms with van der Waals surface area (Å²) >= 11 is 0. The number of nitrogens with one attached hydrogen (secondary N) is 1. The van der Waals surface area contributed by atoms with Crippen molar-refractivity contribution in [1.29, 1.82) is 0 Å². The summed E-state index contributed by atoms with van der Waals surface area (Å²) in [5.41, 5.74) is 3.71. The number of nitrogens with zero attached hydrogens (tertiary/aromatic N) is 4. The van der Waals surface area contributed by atoms with Gasteiger partial charge in [-0.05, 0) is 55.7 Å². The highest BCUT2D eigenvalue weighted by Gasteiger charge is 2.22. The van der Waals surface area contributed by atoms with Crippen LogP contribution in [0.4, 0.5) is 11.6 Å². The molecule has 0 amide bonds. The van der Waals surface area contributed by atoms with E-state index >= 15 is 0 Å². The molecule has 1 aliphatic heterocycles. The third kappa shape index (κ3) is 6.28. The van der Waals surface area contributed by atoms with Gasteiger partial charge in [0.15, 0.2) is 14.9 Å². The van der Waals surface area contributed by atoms with Crippen LogP contribution in [0.25, 0.3) is 0 Å². The van der Waals surface area contributed by atoms with Gasteiger partial charge in [-0.2, -0.15) is 0 Å². The molecule has 2 aromatic heterocycles. The van der Waals surface area contributed by atoms with Gasteiger partial charge in [-0.1, -0.05) is 19.1 Å². The van der Waals surface area contributed by atoms with Crippen molar-refractivity contribution in [2.24, 2.45) is 0 Å². The van der Waals surface area contributed by atoms with E-state index in [4.69, 9.17) is 4.74 Å². The molecular weight excluding hydrogens is 462 g/mol. The Labute approximate surface area is 207 Å². The molecule has 3 aromatic rings. The highest BCUT2D eigenvalue weighted by atomic mass is 32.2. The van der Waals surface area contributed by atoms with E-state index in [1.165, 1.54) is 6.07 Å². The highest BCUT2D eigenvalue weighted by Crippen LogP contribution is 2.26. The van der Waals surface area contributed by atoms with Crippen LogP contribution in [-0.4, -0.2) is 48.8 Å². The maximum absolute atomic E-state index is 11.7. The van der Waals surface area contributed by atoms with E-state index in [2.05, 4.69) is 51.1 Å². The largest absolute Gasteiger partial charge is 0.490 e. The predicted molar refractivity (Wildman–Crippen MR) is 138 cm³/mol. The van der Waals surface area contributed by atoms with Crippen LogP contribution in [0.15, 0.2) is 53.8 Å². The Morgan fingerprint density at radius 2 is 1.74 bits per heavy atom. The van der Waals surface area contributed by atoms with Gasteiger partial charge in [0.1, 0.15) is 11.9 Å². The maximum atomic E-state index is 11.7. The third-order valence-corrected chi connectivity index (χ3v) is 7.31. The fourth-order valence-electron chi connectivity index (χ4n) is 4.11. The molecule has 1 N–H and O–H groups in total. The molecule has 0 aliphatic carbocycles. The molecule has 35 heavy (non-hydrogen) atoms. The Morgan fingerprint density at radius 3 is 2.31 bits per heavy atom. The van der Waals surface area contributed by atoms with Gasteiger partial charge in [0.05, 0.1) is 11.4 Å². The van der Waals surface area contributed by atoms with Gasteiger partial charge in [-0.15, -0.1) is 0 Å². The van der Waals surface area contributed by atoms with Gasteiger partial charge in [-0.25, -0.2) is 23.4 Å². The highest BCUT2D eigenvalue weighted by molar-refractivity contribution is 7.90. The molecule has 0 spiro atoms. The molecule has 0 bridgehead atoms. The van der Waals surface area contributed by atoms with Gasteiger partial charge >= 0.3 is 0 Å². The summed E-state index contributed by atoms with van der Waals surface area (Å²) in [5.74, 6) is 1.65. The molecule has 8 nitrogen and oxygen atoms in total. The van der Waals surface area contributed by atoms with Crippen molar-refractivity contribution in [3.8, 4) is 5.75 Å². The van der Waals surface area contributed by atoms with Crippen LogP contribution in [-0.2, 0) is 16.3 Å². The number of aromatic nitrogens is 3. The first-order valence-corrected chi connectivity index (χ1v) is 13.9. The summed E-state index contributed by atoms with van der Waals surface area (Å²) in [6.45, 7) is 7.72. The standard InChI is InChI=1S/C26H33N5O3S/c1-5-20-16-27-26(28-17-20)31-14-12-23(13-15-31)34-22-8-6-21(7-9-22)18(2)29-24-10-11-25(30-19(24)3)35(4,32)33/h6-11,16-18,23,29H,5,12-15H2,1-4H3. The van der Waals surface area contributed by atoms with E-state index in [0.29, 0.717) is 5.69 Å². The van der Waals surface area contributed by atoms with Gasteiger partial charge in [-0.3, -0.25) is 0 Å². The number of rotatable bonds is 8. The minimum atomic E-state index is -3.32. The second-order valence-electron chi connectivity index (χ2n) is 9.04. The Balaban J connectivity index is 1.30. The fourth-order valence-corrected chi connectivity index (χ4v) is 4.73. The molecule has 9 heteroatoms. The molecule has 1 unspecified atom stereocenters. The van der Waals surface area contributed by atoms with Crippen molar-refractivity contribution in [2.75, 3.05) is 29.6 Å². The molecule has 4 rings (SSSR count). The van der Waals surface area contributed by atoms with Crippen LogP contribution >= 0.6 is 0 Å². The Kier molecular flexibility index (Phi) is 7.54. The minimum Gasteiger partial charge on any atom is -0.490 e. The lowest BCUT2D eigenvalue weighted by molar-refractivity contribution is 0.170. The zero-order chi connectivity index (χ0) is 25.0. The molecule has 1 atom stereocenters. The molecule has 1 aromatic carbocycles. The minimum absolute atomic E-state index is 0.0240. The summed E-state index contributed by atoms with van der Waals surface area (Å²) in [6.07, 6.45) is 7.94. The van der Waals surface area contributed by atoms with Crippen molar-refractivity contribution >= 4 is 21.5 Å². The van der Waals surface area contributed by atoms with Crippen molar-refractivity contribution in [3.05, 3.63) is 65.6 Å². The lowest BCUT2D eigenvalue weighted by Gasteiger charge is -2.32. The van der Waals surface area contributed by atoms with Crippen LogP contribution in [0.5, 0.6) is 5.75 Å². The third-order valence-electron chi connectivity index (χ3n) is 6.32. The van der Waals surface area contributed by atoms with Gasteiger partial charge in [0.25, 0.3) is 0 Å². The smallest absolute Gasteiger partial charge is 0.225 e. The quantitative estimate of drug-likeness (QED) is 0.492. The van der Waals surface area contributed by atoms with E-state index < -0.39 is 9.84 Å². The average molecular weight is 496 g/mol. The van der Waals surface area contributed by atoms with E-state index in [-0.39, 0.29) is 17.2 Å². The fraction of sp³-hybridized carbons (Fsp3) is 0.423. The number of sulfone groups is 1. The normalized spacial score (nSPS) is 15.6. The van der Waals surface area contributed by atoms with E-state index in [1.807, 2.05) is 24.5 Å². The van der Waals surface area contributed by atoms with E-state index in [1.54, 1.807) is 13.0 Å². The second kappa shape index (κ2) is 10.6. The number of anilines is 2. The molecule has 1 fully saturated rings. The number of benzene rings is 1. The molecule has 1 aliphatic rings. The topological polar surface area (TPSA) is 97.3 Å². The van der Waals surface area contributed by atoms with E-state index in [0.717, 1.165) is 67.1 Å². The summed E-state index contributed by atoms with van der Waals surface area (Å²) in [7, 11) is -3.32. The number of pyridine rings is 1. The number of aryl methyl sites for hydroxylation is 2. The Morgan fingerprint density at radius 1 is 1.09 bits per heavy atom. The summed E-state index contributed by atoms with van der Waals surface area (Å²) in [6, 6.07) is 11.4. The first kappa shape index (κ1) is 24.9. The van der Waals surface area contributed by atoms with E-state index in [9.17, 15) is 8.42 Å². The van der Waals surface area contributed by atoms with Crippen molar-refractivity contribution in [1.82, 2.24) is 15.0 Å². The average Bonchev–Trinajstić information content (AvgIpc) is 2.85. The SMILES string of the molecule is CCc1cnc(N2CCC(Oc3ccc(C(C)Nc4ccc(S(C)(=O)=O)nc4C)cc3)CC2)nc1. The predicted octanol–water partition coefficient (Wildman–Crippen LogP) is 4.37. The maximum Gasteiger partial charge on any atom is 0.225 e. The van der Waals surface area contributed by atoms with Crippen LogP contribution in [0.1, 0.15) is 49.6 Å². The number of hydrogen-bond donors (Lipinski definition) is 1. The van der Waals surface area contributed by atoms with Crippen molar-refractivity contribution in [2.45, 2.75) is 57.2 Å². The number of piperidine rings is 1. The zero-order valence-electron chi connectivity index (χ0n) is 20.7. The molecule has 186 valence electrons. The lowest BCUT2D eigenvalue weighted by Crippen LogP contribution is -2.39. The van der Waals surface area contributed by atoms with Crippen molar-refractivity contribution < 1.29 is 13.2 Å². The van der Waals surface area contributed by atoms with Crippen molar-refractivity contribution in [3.63, 3.8) is 0 Å². The van der Waals surface area contributed by atoms with Crippen LogP contribution in [0.3, 0.4) is 0 Å². The van der Waals surface area contributed by atoms with Crippen LogP contribution in [0, 0.1) is 6.92 Å². The van der Waals surface area contributed by atoms with Gasteiger partial charge < -0.3 is 15.0 Å². The summed E-state index contributed by atoms with van der Waals surface area (Å²) in [4.78, 5) is 15.4. The zero-order valence-corrected chi connectivity index (χ0v) is 21.5. The first-order chi connectivity index (χ1) is 16.7. The first-order valence-electron chi connectivity index (χ1n) is 12.0.